The first-order valence-corrected chi connectivity index (χ1v) is 8.86. The van der Waals surface area contributed by atoms with Crippen LogP contribution in [0.15, 0.2) is 42.7 Å². The smallest absolute Gasteiger partial charge is 0.216 e. The summed E-state index contributed by atoms with van der Waals surface area (Å²) >= 11 is 17.8. The summed E-state index contributed by atoms with van der Waals surface area (Å²) in [5.41, 5.74) is 1.20. The summed E-state index contributed by atoms with van der Waals surface area (Å²) in [6.45, 7) is 0.508. The number of methoxy groups -OCH3 is 1. The van der Waals surface area contributed by atoms with Crippen molar-refractivity contribution in [2.45, 2.75) is 6.54 Å². The molecular weight excluding hydrogens is 411 g/mol. The third-order valence-electron chi connectivity index (χ3n) is 3.65. The molecule has 3 aromatic rings. The topological polar surface area (TPSA) is 77.0 Å². The molecule has 0 amide bonds. The molecule has 0 aliphatic rings. The number of benzene rings is 1. The molecule has 0 aliphatic carbocycles. The zero-order valence-corrected chi connectivity index (χ0v) is 16.3. The van der Waals surface area contributed by atoms with Gasteiger partial charge in [0.2, 0.25) is 5.78 Å². The number of pyridine rings is 1. The predicted octanol–water partition coefficient (Wildman–Crippen LogP) is 4.68. The number of ether oxygens (including phenoxy) is 1. The first kappa shape index (κ1) is 19.4. The largest absolute Gasteiger partial charge is 0.497 e. The van der Waals surface area contributed by atoms with Crippen LogP contribution in [0.2, 0.25) is 15.3 Å². The van der Waals surface area contributed by atoms with Crippen LogP contribution in [0.5, 0.6) is 5.75 Å². The van der Waals surface area contributed by atoms with E-state index in [9.17, 15) is 4.79 Å². The van der Waals surface area contributed by atoms with E-state index in [1.54, 1.807) is 13.2 Å². The summed E-state index contributed by atoms with van der Waals surface area (Å²) in [5.74, 6) is 0.790. The van der Waals surface area contributed by atoms with Gasteiger partial charge in [0.15, 0.2) is 5.15 Å². The van der Waals surface area contributed by atoms with Gasteiger partial charge >= 0.3 is 0 Å². The van der Waals surface area contributed by atoms with E-state index in [0.717, 1.165) is 11.3 Å². The minimum atomic E-state index is -0.468. The number of carbonyl (C=O) groups excluding carboxylic acids is 1. The number of hydrogen-bond acceptors (Lipinski definition) is 6. The van der Waals surface area contributed by atoms with Crippen LogP contribution in [0.3, 0.4) is 0 Å². The molecule has 138 valence electrons. The normalized spacial score (nSPS) is 10.5. The highest BCUT2D eigenvalue weighted by Crippen LogP contribution is 2.24. The third-order valence-corrected chi connectivity index (χ3v) is 4.40. The highest BCUT2D eigenvalue weighted by Gasteiger charge is 2.19. The molecular formula is C18H13Cl3N4O2. The van der Waals surface area contributed by atoms with Gasteiger partial charge in [0, 0.05) is 18.3 Å². The first-order valence-electron chi connectivity index (χ1n) is 7.73. The molecule has 27 heavy (non-hydrogen) atoms. The second-order valence-electron chi connectivity index (χ2n) is 5.41. The zero-order valence-electron chi connectivity index (χ0n) is 14.0. The van der Waals surface area contributed by atoms with E-state index in [0.29, 0.717) is 12.4 Å². The number of carbonyl (C=O) groups is 1. The number of nitrogens with zero attached hydrogens (tertiary/aromatic N) is 3. The van der Waals surface area contributed by atoms with E-state index < -0.39 is 5.78 Å². The lowest BCUT2D eigenvalue weighted by Crippen LogP contribution is -2.09. The third kappa shape index (κ3) is 4.66. The van der Waals surface area contributed by atoms with Crippen molar-refractivity contribution in [2.75, 3.05) is 12.4 Å². The lowest BCUT2D eigenvalue weighted by molar-refractivity contribution is 0.103. The molecule has 6 nitrogen and oxygen atoms in total. The number of anilines is 1. The Balaban J connectivity index is 1.80. The molecule has 0 spiro atoms. The fourth-order valence-electron chi connectivity index (χ4n) is 2.27. The second-order valence-corrected chi connectivity index (χ2v) is 6.56. The van der Waals surface area contributed by atoms with Gasteiger partial charge in [0.05, 0.1) is 18.3 Å². The Kier molecular flexibility index (Phi) is 6.11. The molecule has 2 heterocycles. The fraction of sp³-hybridized carbons (Fsp3) is 0.111. The average Bonchev–Trinajstić information content (AvgIpc) is 2.67. The molecule has 3 rings (SSSR count). The van der Waals surface area contributed by atoms with Gasteiger partial charge in [0.1, 0.15) is 22.4 Å². The van der Waals surface area contributed by atoms with Gasteiger partial charge in [0.25, 0.3) is 0 Å². The molecule has 9 heteroatoms. The summed E-state index contributed by atoms with van der Waals surface area (Å²) in [6, 6.07) is 9.12. The van der Waals surface area contributed by atoms with Crippen molar-refractivity contribution in [1.29, 1.82) is 0 Å². The molecule has 0 unspecified atom stereocenters. The van der Waals surface area contributed by atoms with Crippen molar-refractivity contribution in [3.63, 3.8) is 0 Å². The molecule has 1 aromatic carbocycles. The number of ketones is 1. The Morgan fingerprint density at radius 3 is 2.52 bits per heavy atom. The van der Waals surface area contributed by atoms with E-state index in [2.05, 4.69) is 20.3 Å². The van der Waals surface area contributed by atoms with Crippen LogP contribution in [0.1, 0.15) is 21.6 Å². The zero-order chi connectivity index (χ0) is 19.4. The fourth-order valence-corrected chi connectivity index (χ4v) is 2.86. The Morgan fingerprint density at radius 1 is 1.11 bits per heavy atom. The minimum absolute atomic E-state index is 0.0322. The van der Waals surface area contributed by atoms with Gasteiger partial charge in [-0.3, -0.25) is 4.79 Å². The van der Waals surface area contributed by atoms with E-state index in [1.165, 1.54) is 12.4 Å². The standard InChI is InChI=1S/C18H13Cl3N4O2/c1-27-11-4-2-10(3-5-11)7-22-15-6-12(13(19)8-23-15)17(26)16-18(21)25-14(20)9-24-16/h2-6,8-9H,7H2,1H3,(H,22,23). The number of aromatic nitrogens is 3. The van der Waals surface area contributed by atoms with E-state index in [4.69, 9.17) is 39.5 Å². The van der Waals surface area contributed by atoms with E-state index in [-0.39, 0.29) is 26.6 Å². The summed E-state index contributed by atoms with van der Waals surface area (Å²) in [7, 11) is 1.61. The number of halogens is 3. The molecule has 2 aromatic heterocycles. The molecule has 0 aliphatic heterocycles. The monoisotopic (exact) mass is 422 g/mol. The van der Waals surface area contributed by atoms with Crippen molar-refractivity contribution in [2.24, 2.45) is 0 Å². The maximum absolute atomic E-state index is 12.7. The van der Waals surface area contributed by atoms with Crippen LogP contribution in [0.4, 0.5) is 5.82 Å². The second kappa shape index (κ2) is 8.52. The summed E-state index contributed by atoms with van der Waals surface area (Å²) in [5, 5.41) is 3.33. The number of hydrogen-bond donors (Lipinski definition) is 1. The Morgan fingerprint density at radius 2 is 1.85 bits per heavy atom. The molecule has 0 saturated heterocycles. The summed E-state index contributed by atoms with van der Waals surface area (Å²) in [6.07, 6.45) is 2.64. The Labute approximate surface area is 170 Å². The van der Waals surface area contributed by atoms with Crippen LogP contribution >= 0.6 is 34.8 Å². The molecule has 0 bridgehead atoms. The highest BCUT2D eigenvalue weighted by atomic mass is 35.5. The van der Waals surface area contributed by atoms with Gasteiger partial charge in [-0.1, -0.05) is 46.9 Å². The van der Waals surface area contributed by atoms with Gasteiger partial charge in [-0.05, 0) is 23.8 Å². The lowest BCUT2D eigenvalue weighted by atomic mass is 10.1. The molecule has 0 radical (unpaired) electrons. The van der Waals surface area contributed by atoms with E-state index >= 15 is 0 Å². The van der Waals surface area contributed by atoms with Gasteiger partial charge in [-0.15, -0.1) is 0 Å². The van der Waals surface area contributed by atoms with Crippen molar-refractivity contribution in [1.82, 2.24) is 15.0 Å². The minimum Gasteiger partial charge on any atom is -0.497 e. The highest BCUT2D eigenvalue weighted by molar-refractivity contribution is 6.37. The summed E-state index contributed by atoms with van der Waals surface area (Å²) in [4.78, 5) is 24.7. The van der Waals surface area contributed by atoms with Crippen LogP contribution in [0.25, 0.3) is 0 Å². The average molecular weight is 424 g/mol. The van der Waals surface area contributed by atoms with Gasteiger partial charge < -0.3 is 10.1 Å². The molecule has 0 fully saturated rings. The van der Waals surface area contributed by atoms with Crippen molar-refractivity contribution in [3.05, 3.63) is 74.9 Å². The predicted molar refractivity (Wildman–Crippen MR) is 105 cm³/mol. The quantitative estimate of drug-likeness (QED) is 0.580. The lowest BCUT2D eigenvalue weighted by Gasteiger charge is -2.09. The van der Waals surface area contributed by atoms with E-state index in [1.807, 2.05) is 24.3 Å². The Bertz CT molecular complexity index is 981. The molecule has 0 saturated carbocycles. The van der Waals surface area contributed by atoms with Crippen LogP contribution < -0.4 is 10.1 Å². The molecule has 0 atom stereocenters. The van der Waals surface area contributed by atoms with Gasteiger partial charge in [-0.2, -0.15) is 0 Å². The van der Waals surface area contributed by atoms with Crippen LogP contribution in [0, 0.1) is 0 Å². The van der Waals surface area contributed by atoms with Crippen LogP contribution in [-0.4, -0.2) is 27.8 Å². The van der Waals surface area contributed by atoms with Crippen molar-refractivity contribution < 1.29 is 9.53 Å². The molecule has 1 N–H and O–H groups in total. The number of rotatable bonds is 6. The Hall–Kier alpha value is -2.41. The van der Waals surface area contributed by atoms with Crippen molar-refractivity contribution >= 4 is 46.4 Å². The first-order chi connectivity index (χ1) is 13.0. The van der Waals surface area contributed by atoms with Gasteiger partial charge in [-0.25, -0.2) is 15.0 Å². The summed E-state index contributed by atoms with van der Waals surface area (Å²) < 4.78 is 5.13. The van der Waals surface area contributed by atoms with Crippen LogP contribution in [-0.2, 0) is 6.54 Å². The number of nitrogens with one attached hydrogen (secondary N) is 1. The van der Waals surface area contributed by atoms with Crippen molar-refractivity contribution in [3.8, 4) is 5.75 Å². The maximum atomic E-state index is 12.7. The maximum Gasteiger partial charge on any atom is 0.216 e. The SMILES string of the molecule is COc1ccc(CNc2cc(C(=O)c3ncc(Cl)nc3Cl)c(Cl)cn2)cc1.